The average Bonchev–Trinajstić information content (AvgIpc) is 3.41. The van der Waals surface area contributed by atoms with Crippen LogP contribution in [-0.4, -0.2) is 96.7 Å². The van der Waals surface area contributed by atoms with Crippen molar-refractivity contribution in [3.05, 3.63) is 0 Å². The Morgan fingerprint density at radius 2 is 0.593 bits per heavy atom. The van der Waals surface area contributed by atoms with Crippen LogP contribution in [0.4, 0.5) is 0 Å². The average molecular weight is 1200 g/mol. The first kappa shape index (κ1) is 79.1. The Bertz CT molecular complexity index is 1630. The summed E-state index contributed by atoms with van der Waals surface area (Å²) in [6, 6.07) is 0. The lowest BCUT2D eigenvalue weighted by atomic mass is 9.99. The highest BCUT2D eigenvalue weighted by Crippen LogP contribution is 2.45. The Morgan fingerprint density at radius 3 is 0.877 bits per heavy atom. The quantitative estimate of drug-likeness (QED) is 0.0222. The molecule has 0 spiro atoms. The van der Waals surface area contributed by atoms with E-state index in [-0.39, 0.29) is 25.7 Å². The number of hydrogen-bond acceptors (Lipinski definition) is 15. The van der Waals surface area contributed by atoms with Crippen molar-refractivity contribution in [2.24, 2.45) is 23.7 Å². The summed E-state index contributed by atoms with van der Waals surface area (Å²) in [7, 11) is -9.88. The number of rotatable bonds is 59. The van der Waals surface area contributed by atoms with E-state index in [9.17, 15) is 43.2 Å². The molecule has 0 aromatic heterocycles. The van der Waals surface area contributed by atoms with Crippen LogP contribution in [0.15, 0.2) is 0 Å². The monoisotopic (exact) mass is 1200 g/mol. The second-order valence-corrected chi connectivity index (χ2v) is 27.0. The number of aliphatic hydroxyl groups excluding tert-OH is 1. The lowest BCUT2D eigenvalue weighted by molar-refractivity contribution is -0.161. The minimum atomic E-state index is -4.94. The molecule has 0 aromatic carbocycles. The summed E-state index contributed by atoms with van der Waals surface area (Å²) >= 11 is 0. The van der Waals surface area contributed by atoms with Crippen LogP contribution in [0, 0.1) is 23.7 Å². The molecule has 0 saturated heterocycles. The minimum Gasteiger partial charge on any atom is -0.462 e. The fourth-order valence-electron chi connectivity index (χ4n) is 9.04. The predicted octanol–water partition coefficient (Wildman–Crippen LogP) is 16.6. The molecule has 0 radical (unpaired) electrons. The van der Waals surface area contributed by atoms with Gasteiger partial charge >= 0.3 is 39.5 Å². The number of hydrogen-bond donors (Lipinski definition) is 3. The molecule has 0 aromatic rings. The molecule has 81 heavy (non-hydrogen) atoms. The molecule has 3 unspecified atom stereocenters. The van der Waals surface area contributed by atoms with Crippen molar-refractivity contribution in [3.8, 4) is 0 Å². The number of unbranched alkanes of at least 4 members (excludes halogenated alkanes) is 24. The van der Waals surface area contributed by atoms with Crippen LogP contribution < -0.4 is 0 Å². The highest BCUT2D eigenvalue weighted by atomic mass is 31.2. The smallest absolute Gasteiger partial charge is 0.462 e. The number of carbonyl (C=O) groups excluding carboxylic acids is 4. The highest BCUT2D eigenvalue weighted by Gasteiger charge is 2.30. The van der Waals surface area contributed by atoms with Crippen LogP contribution in [0.2, 0.25) is 0 Å². The first-order chi connectivity index (χ1) is 38.6. The van der Waals surface area contributed by atoms with E-state index in [1.165, 1.54) is 89.9 Å². The van der Waals surface area contributed by atoms with Crippen molar-refractivity contribution < 1.29 is 80.2 Å². The molecule has 0 aliphatic rings. The van der Waals surface area contributed by atoms with Crippen molar-refractivity contribution in [1.29, 1.82) is 0 Å². The number of phosphoric acid groups is 2. The van der Waals surface area contributed by atoms with Crippen LogP contribution in [0.1, 0.15) is 293 Å². The zero-order valence-corrected chi connectivity index (χ0v) is 54.2. The Labute approximate surface area is 492 Å². The van der Waals surface area contributed by atoms with Gasteiger partial charge in [0.15, 0.2) is 12.2 Å². The fourth-order valence-corrected chi connectivity index (χ4v) is 10.6. The van der Waals surface area contributed by atoms with Gasteiger partial charge in [-0.1, -0.05) is 242 Å². The molecule has 0 heterocycles. The maximum atomic E-state index is 12.9. The zero-order valence-electron chi connectivity index (χ0n) is 52.4. The maximum Gasteiger partial charge on any atom is 0.472 e. The molecule has 0 rings (SSSR count). The van der Waals surface area contributed by atoms with Gasteiger partial charge in [0.2, 0.25) is 0 Å². The molecular formula is C62H120O17P2. The standard InChI is InChI=1S/C62H120O17P2/c1-9-55(8)41-33-25-14-12-10-11-13-15-26-34-42-59(64)72-48-57(78-61(66)44-36-28-20-17-23-31-39-53(4)5)50-76-80(68,69)74-46-56(63)47-75-81(70,71)77-51-58(79-62(67)45-37-29-21-18-24-32-40-54(6)7)49-73-60(65)43-35-27-19-16-22-30-38-52(2)3/h52-58,63H,9-51H2,1-8H3,(H,68,69)(H,70,71)/t55?,56-,57-,58-/m1/s1. The highest BCUT2D eigenvalue weighted by molar-refractivity contribution is 7.47. The third-order valence-electron chi connectivity index (χ3n) is 14.4. The first-order valence-electron chi connectivity index (χ1n) is 32.2. The number of phosphoric ester groups is 2. The van der Waals surface area contributed by atoms with Gasteiger partial charge in [-0.2, -0.15) is 0 Å². The minimum absolute atomic E-state index is 0.100. The summed E-state index contributed by atoms with van der Waals surface area (Å²) in [6.45, 7) is 13.8. The van der Waals surface area contributed by atoms with Gasteiger partial charge in [0.25, 0.3) is 0 Å². The molecular weight excluding hydrogens is 1080 g/mol. The molecule has 19 heteroatoms. The van der Waals surface area contributed by atoms with Gasteiger partial charge in [0, 0.05) is 25.7 Å². The third-order valence-corrected chi connectivity index (χ3v) is 16.3. The van der Waals surface area contributed by atoms with Gasteiger partial charge < -0.3 is 33.8 Å². The second kappa shape index (κ2) is 52.4. The molecule has 0 fully saturated rings. The van der Waals surface area contributed by atoms with E-state index < -0.39 is 97.5 Å². The summed E-state index contributed by atoms with van der Waals surface area (Å²) in [6.07, 6.45) is 31.2. The van der Waals surface area contributed by atoms with Crippen molar-refractivity contribution in [2.45, 2.75) is 311 Å². The van der Waals surface area contributed by atoms with Gasteiger partial charge in [0.05, 0.1) is 26.4 Å². The van der Waals surface area contributed by atoms with Crippen LogP contribution in [0.5, 0.6) is 0 Å². The summed E-state index contributed by atoms with van der Waals surface area (Å²) in [4.78, 5) is 72.0. The number of ether oxygens (including phenoxy) is 4. The molecule has 17 nitrogen and oxygen atoms in total. The van der Waals surface area contributed by atoms with Crippen molar-refractivity contribution >= 4 is 39.5 Å². The van der Waals surface area contributed by atoms with Crippen molar-refractivity contribution in [3.63, 3.8) is 0 Å². The number of carbonyl (C=O) groups is 4. The Morgan fingerprint density at radius 1 is 0.346 bits per heavy atom. The van der Waals surface area contributed by atoms with Gasteiger partial charge in [0.1, 0.15) is 19.3 Å². The van der Waals surface area contributed by atoms with Gasteiger partial charge in [-0.3, -0.25) is 37.3 Å². The lowest BCUT2D eigenvalue weighted by Crippen LogP contribution is -2.30. The number of esters is 4. The van der Waals surface area contributed by atoms with Crippen LogP contribution in [0.3, 0.4) is 0 Å². The van der Waals surface area contributed by atoms with Crippen molar-refractivity contribution in [1.82, 2.24) is 0 Å². The molecule has 0 bridgehead atoms. The fraction of sp³-hybridized carbons (Fsp3) is 0.935. The van der Waals surface area contributed by atoms with E-state index in [0.29, 0.717) is 43.4 Å². The molecule has 6 atom stereocenters. The van der Waals surface area contributed by atoms with E-state index in [4.69, 9.17) is 37.0 Å². The van der Waals surface area contributed by atoms with Crippen LogP contribution >= 0.6 is 15.6 Å². The van der Waals surface area contributed by atoms with E-state index >= 15 is 0 Å². The second-order valence-electron chi connectivity index (χ2n) is 24.1. The van der Waals surface area contributed by atoms with E-state index in [1.807, 2.05) is 0 Å². The molecule has 3 N–H and O–H groups in total. The Kier molecular flexibility index (Phi) is 51.1. The third kappa shape index (κ3) is 55.7. The van der Waals surface area contributed by atoms with Gasteiger partial charge in [-0.25, -0.2) is 9.13 Å². The summed E-state index contributed by atoms with van der Waals surface area (Å²) in [5.41, 5.74) is 0. The molecule has 0 aliphatic heterocycles. The Balaban J connectivity index is 5.21. The Hall–Kier alpha value is -1.94. The largest absolute Gasteiger partial charge is 0.472 e. The molecule has 0 aliphatic carbocycles. The number of aliphatic hydroxyl groups is 1. The van der Waals surface area contributed by atoms with Crippen LogP contribution in [-0.2, 0) is 65.4 Å². The van der Waals surface area contributed by atoms with E-state index in [1.54, 1.807) is 0 Å². The van der Waals surface area contributed by atoms with Gasteiger partial charge in [-0.05, 0) is 49.4 Å². The summed E-state index contributed by atoms with van der Waals surface area (Å²) < 4.78 is 67.8. The summed E-state index contributed by atoms with van der Waals surface area (Å²) in [5.74, 6) is 0.677. The SMILES string of the molecule is CCC(C)CCCCCCCCCCCCC(=O)OC[C@H](COP(=O)(O)OC[C@@H](O)COP(=O)(O)OC[C@@H](COC(=O)CCCCCCCCC(C)C)OC(=O)CCCCCCCCC(C)C)OC(=O)CCCCCCCCC(C)C. The molecule has 0 saturated carbocycles. The maximum absolute atomic E-state index is 12.9. The van der Waals surface area contributed by atoms with E-state index in [0.717, 1.165) is 102 Å². The molecule has 480 valence electrons. The first-order valence-corrected chi connectivity index (χ1v) is 35.2. The topological polar surface area (TPSA) is 237 Å². The lowest BCUT2D eigenvalue weighted by Gasteiger charge is -2.21. The zero-order chi connectivity index (χ0) is 60.4. The predicted molar refractivity (Wildman–Crippen MR) is 321 cm³/mol. The molecule has 0 amide bonds. The summed E-state index contributed by atoms with van der Waals surface area (Å²) in [5, 5.41) is 10.5. The van der Waals surface area contributed by atoms with Crippen molar-refractivity contribution in [2.75, 3.05) is 39.6 Å². The normalized spacial score (nSPS) is 14.8. The van der Waals surface area contributed by atoms with Gasteiger partial charge in [-0.15, -0.1) is 0 Å². The van der Waals surface area contributed by atoms with E-state index in [2.05, 4.69) is 55.4 Å². The van der Waals surface area contributed by atoms with Crippen LogP contribution in [0.25, 0.3) is 0 Å².